The van der Waals surface area contributed by atoms with E-state index in [-0.39, 0.29) is 37.6 Å². The highest BCUT2D eigenvalue weighted by Crippen LogP contribution is 2.47. The van der Waals surface area contributed by atoms with Gasteiger partial charge < -0.3 is 24.1 Å². The van der Waals surface area contributed by atoms with Crippen LogP contribution in [0.4, 0.5) is 0 Å². The highest BCUT2D eigenvalue weighted by molar-refractivity contribution is 6.04. The number of esters is 2. The van der Waals surface area contributed by atoms with Crippen molar-refractivity contribution in [2.75, 3.05) is 27.9 Å². The van der Waals surface area contributed by atoms with Crippen molar-refractivity contribution in [3.63, 3.8) is 0 Å². The lowest BCUT2D eigenvalue weighted by atomic mass is 9.81. The van der Waals surface area contributed by atoms with Crippen molar-refractivity contribution in [3.8, 4) is 17.0 Å². The fraction of sp³-hybridized carbons (Fsp3) is 0.394. The van der Waals surface area contributed by atoms with Crippen LogP contribution in [0.25, 0.3) is 28.2 Å². The first-order valence-electron chi connectivity index (χ1n) is 14.3. The van der Waals surface area contributed by atoms with Crippen molar-refractivity contribution in [1.29, 1.82) is 0 Å². The predicted molar refractivity (Wildman–Crippen MR) is 158 cm³/mol. The van der Waals surface area contributed by atoms with Crippen LogP contribution >= 0.6 is 0 Å². The molecule has 9 nitrogen and oxygen atoms in total. The van der Waals surface area contributed by atoms with Crippen LogP contribution in [-0.2, 0) is 30.4 Å². The molecule has 1 aliphatic heterocycles. The summed E-state index contributed by atoms with van der Waals surface area (Å²) in [5.41, 5.74) is 5.83. The summed E-state index contributed by atoms with van der Waals surface area (Å²) in [5, 5.41) is 3.80. The number of amides is 1. The molecular weight excluding hydrogens is 536 g/mol. The number of Topliss-reactive ketones (excluding diaryl/α,β-unsaturated/α-hetero) is 1. The van der Waals surface area contributed by atoms with E-state index in [1.165, 1.54) is 26.2 Å². The zero-order valence-electron chi connectivity index (χ0n) is 24.3. The van der Waals surface area contributed by atoms with Crippen LogP contribution in [0.5, 0.6) is 5.75 Å². The van der Waals surface area contributed by atoms with Crippen LogP contribution in [0.1, 0.15) is 72.3 Å². The number of methoxy groups -OCH3 is 3. The second kappa shape index (κ2) is 12.6. The molecule has 220 valence electrons. The average Bonchev–Trinajstić information content (AvgIpc) is 3.24. The molecule has 1 aliphatic carbocycles. The Labute approximate surface area is 244 Å². The molecule has 1 saturated carbocycles. The van der Waals surface area contributed by atoms with E-state index in [0.717, 1.165) is 53.4 Å². The Morgan fingerprint density at radius 1 is 0.929 bits per heavy atom. The molecule has 1 aromatic heterocycles. The SMILES string of the molecule is COC(=O)CCC(=O)CNC(=O)C1=Cc2cc(OC)ccc2-c2c(C3CCCCC3)c3ccc(C(=O)OC)cc3n2C1. The Bertz CT molecular complexity index is 1580. The van der Waals surface area contributed by atoms with Crippen LogP contribution < -0.4 is 10.1 Å². The Balaban J connectivity index is 1.61. The number of aromatic nitrogens is 1. The van der Waals surface area contributed by atoms with Crippen LogP contribution in [-0.4, -0.2) is 56.1 Å². The number of carbonyl (C=O) groups excluding carboxylic acids is 4. The highest BCUT2D eigenvalue weighted by atomic mass is 16.5. The molecule has 3 aromatic rings. The molecule has 2 heterocycles. The maximum Gasteiger partial charge on any atom is 0.337 e. The van der Waals surface area contributed by atoms with E-state index in [9.17, 15) is 19.2 Å². The molecule has 9 heteroatoms. The van der Waals surface area contributed by atoms with Gasteiger partial charge in [-0.05, 0) is 66.3 Å². The highest BCUT2D eigenvalue weighted by Gasteiger charge is 2.30. The minimum absolute atomic E-state index is 0.0144. The molecule has 0 atom stereocenters. The number of ketones is 1. The van der Waals surface area contributed by atoms with Crippen molar-refractivity contribution in [2.24, 2.45) is 0 Å². The largest absolute Gasteiger partial charge is 0.497 e. The van der Waals surface area contributed by atoms with Gasteiger partial charge in [0.05, 0.1) is 52.1 Å². The Morgan fingerprint density at radius 3 is 2.43 bits per heavy atom. The number of fused-ring (bicyclic) bond motifs is 5. The molecule has 42 heavy (non-hydrogen) atoms. The molecule has 0 unspecified atom stereocenters. The van der Waals surface area contributed by atoms with Crippen molar-refractivity contribution >= 4 is 40.6 Å². The Kier molecular flexibility index (Phi) is 8.75. The third-order valence-electron chi connectivity index (χ3n) is 8.28. The molecular formula is C33H36N2O7. The lowest BCUT2D eigenvalue weighted by Crippen LogP contribution is -2.31. The van der Waals surface area contributed by atoms with E-state index >= 15 is 0 Å². The Hall–Kier alpha value is -4.40. The normalized spacial score (nSPS) is 14.7. The first kappa shape index (κ1) is 29.1. The predicted octanol–water partition coefficient (Wildman–Crippen LogP) is 5.19. The van der Waals surface area contributed by atoms with Gasteiger partial charge in [-0.15, -0.1) is 0 Å². The number of hydrogen-bond donors (Lipinski definition) is 1. The van der Waals surface area contributed by atoms with Crippen LogP contribution in [0.15, 0.2) is 42.0 Å². The van der Waals surface area contributed by atoms with Crippen molar-refractivity contribution in [3.05, 3.63) is 58.7 Å². The van der Waals surface area contributed by atoms with Crippen LogP contribution in [0, 0.1) is 0 Å². The summed E-state index contributed by atoms with van der Waals surface area (Å²) < 4.78 is 17.3. The third-order valence-corrected chi connectivity index (χ3v) is 8.28. The van der Waals surface area contributed by atoms with E-state index in [1.807, 2.05) is 36.4 Å². The standard InChI is InChI=1S/C33H36N2O7/c1-40-25-11-13-26-22(16-25)15-23(32(38)34-18-24(36)10-14-29(37)41-2)19-35-28-17-21(33(39)42-3)9-12-27(28)30(31(26)35)20-7-5-4-6-8-20/h9,11-13,15-17,20H,4-8,10,14,18-19H2,1-3H3,(H,34,38). The lowest BCUT2D eigenvalue weighted by Gasteiger charge is -2.24. The summed E-state index contributed by atoms with van der Waals surface area (Å²) in [6.45, 7) is 0.0413. The second-order valence-corrected chi connectivity index (χ2v) is 10.8. The fourth-order valence-corrected chi connectivity index (χ4v) is 6.15. The Morgan fingerprint density at radius 2 is 1.71 bits per heavy atom. The van der Waals surface area contributed by atoms with Gasteiger partial charge in [0.1, 0.15) is 5.75 Å². The first-order valence-corrected chi connectivity index (χ1v) is 14.3. The minimum atomic E-state index is -0.473. The molecule has 1 fully saturated rings. The van der Waals surface area contributed by atoms with E-state index in [2.05, 4.69) is 14.6 Å². The number of hydrogen-bond acceptors (Lipinski definition) is 7. The molecule has 0 radical (unpaired) electrons. The fourth-order valence-electron chi connectivity index (χ4n) is 6.15. The van der Waals surface area contributed by atoms with E-state index in [4.69, 9.17) is 9.47 Å². The second-order valence-electron chi connectivity index (χ2n) is 10.8. The first-order chi connectivity index (χ1) is 20.3. The van der Waals surface area contributed by atoms with Crippen molar-refractivity contribution < 1.29 is 33.4 Å². The van der Waals surface area contributed by atoms with Crippen molar-refractivity contribution in [1.82, 2.24) is 9.88 Å². The smallest absolute Gasteiger partial charge is 0.337 e. The number of nitrogens with one attached hydrogen (secondary N) is 1. The number of benzene rings is 2. The summed E-state index contributed by atoms with van der Waals surface area (Å²) in [6, 6.07) is 11.5. The summed E-state index contributed by atoms with van der Waals surface area (Å²) in [6.07, 6.45) is 7.47. The van der Waals surface area contributed by atoms with E-state index in [0.29, 0.717) is 22.8 Å². The zero-order valence-corrected chi connectivity index (χ0v) is 24.3. The van der Waals surface area contributed by atoms with Crippen LogP contribution in [0.3, 0.4) is 0 Å². The molecule has 2 aliphatic rings. The summed E-state index contributed by atoms with van der Waals surface area (Å²) >= 11 is 0. The number of rotatable bonds is 9. The van der Waals surface area contributed by atoms with Gasteiger partial charge in [-0.25, -0.2) is 4.79 Å². The van der Waals surface area contributed by atoms with Gasteiger partial charge in [0, 0.05) is 28.5 Å². The molecule has 1 N–H and O–H groups in total. The van der Waals surface area contributed by atoms with Gasteiger partial charge in [-0.1, -0.05) is 25.3 Å². The van der Waals surface area contributed by atoms with Gasteiger partial charge in [0.25, 0.3) is 0 Å². The third kappa shape index (κ3) is 5.82. The van der Waals surface area contributed by atoms with Gasteiger partial charge in [-0.2, -0.15) is 0 Å². The molecule has 1 amide bonds. The van der Waals surface area contributed by atoms with E-state index in [1.54, 1.807) is 13.2 Å². The molecule has 5 rings (SSSR count). The topological polar surface area (TPSA) is 113 Å². The van der Waals surface area contributed by atoms with Crippen molar-refractivity contribution in [2.45, 2.75) is 57.4 Å². The minimum Gasteiger partial charge on any atom is -0.497 e. The average molecular weight is 573 g/mol. The maximum absolute atomic E-state index is 13.5. The van der Waals surface area contributed by atoms with Crippen LogP contribution in [0.2, 0.25) is 0 Å². The summed E-state index contributed by atoms with van der Waals surface area (Å²) in [4.78, 5) is 49.9. The van der Waals surface area contributed by atoms with Gasteiger partial charge in [0.2, 0.25) is 5.91 Å². The van der Waals surface area contributed by atoms with E-state index < -0.39 is 11.9 Å². The number of ether oxygens (including phenoxy) is 3. The van der Waals surface area contributed by atoms with Gasteiger partial charge >= 0.3 is 11.9 Å². The molecule has 2 aromatic carbocycles. The van der Waals surface area contributed by atoms with Gasteiger partial charge in [-0.3, -0.25) is 14.4 Å². The number of nitrogens with zero attached hydrogens (tertiary/aromatic N) is 1. The molecule has 0 spiro atoms. The summed E-state index contributed by atoms with van der Waals surface area (Å²) in [5.74, 6) is -0.533. The monoisotopic (exact) mass is 572 g/mol. The van der Waals surface area contributed by atoms with Gasteiger partial charge in [0.15, 0.2) is 5.78 Å². The quantitative estimate of drug-likeness (QED) is 0.351. The molecule has 0 bridgehead atoms. The summed E-state index contributed by atoms with van der Waals surface area (Å²) in [7, 11) is 4.24. The molecule has 0 saturated heterocycles. The maximum atomic E-state index is 13.5. The zero-order chi connectivity index (χ0) is 29.8. The number of carbonyl (C=O) groups is 4. The lowest BCUT2D eigenvalue weighted by molar-refractivity contribution is -0.141.